The summed E-state index contributed by atoms with van der Waals surface area (Å²) in [7, 11) is 1.81. The Kier molecular flexibility index (Phi) is 5.62. The van der Waals surface area contributed by atoms with Gasteiger partial charge < -0.3 is 19.4 Å². The predicted octanol–water partition coefficient (Wildman–Crippen LogP) is 3.48. The first-order valence-electron chi connectivity index (χ1n) is 10.3. The van der Waals surface area contributed by atoms with Crippen molar-refractivity contribution < 1.29 is 14.3 Å². The van der Waals surface area contributed by atoms with Crippen molar-refractivity contribution in [2.45, 2.75) is 38.0 Å². The van der Waals surface area contributed by atoms with E-state index in [0.717, 1.165) is 46.5 Å². The van der Waals surface area contributed by atoms with E-state index in [1.54, 1.807) is 35.0 Å². The smallest absolute Gasteiger partial charge is 0.259 e. The Morgan fingerprint density at radius 2 is 2.16 bits per heavy atom. The molecule has 31 heavy (non-hydrogen) atoms. The molecule has 0 unspecified atom stereocenters. The number of aromatic amines is 1. The van der Waals surface area contributed by atoms with E-state index in [2.05, 4.69) is 9.97 Å². The van der Waals surface area contributed by atoms with Gasteiger partial charge >= 0.3 is 0 Å². The summed E-state index contributed by atoms with van der Waals surface area (Å²) >= 11 is 3.26. The van der Waals surface area contributed by atoms with Crippen LogP contribution in [-0.4, -0.2) is 40.4 Å². The van der Waals surface area contributed by atoms with Crippen LogP contribution in [0, 0.1) is 0 Å². The molecule has 1 aliphatic heterocycles. The Balaban J connectivity index is 1.12. The fraction of sp³-hybridized carbons (Fsp3) is 0.409. The molecule has 162 valence electrons. The summed E-state index contributed by atoms with van der Waals surface area (Å²) in [6, 6.07) is 5.74. The number of thioether (sulfide) groups is 1. The van der Waals surface area contributed by atoms with Gasteiger partial charge in [0.05, 0.1) is 11.1 Å². The standard InChI is InChI=1S/C22H23N3O4S2/c1-25(10-13-5-6-15-16(9-13)29-12-28-15)19(26)7-8-30-11-18-23-21(27)20-14-3-2-4-17(14)31-22(20)24-18/h5-6,9H,2-4,7-8,10-12H2,1H3,(H,23,24,27). The van der Waals surface area contributed by atoms with Gasteiger partial charge in [-0.1, -0.05) is 6.07 Å². The van der Waals surface area contributed by atoms with E-state index in [-0.39, 0.29) is 18.3 Å². The van der Waals surface area contributed by atoms with Crippen LogP contribution in [0.5, 0.6) is 11.5 Å². The lowest BCUT2D eigenvalue weighted by Crippen LogP contribution is -2.26. The highest BCUT2D eigenvalue weighted by molar-refractivity contribution is 7.98. The normalized spacial score (nSPS) is 14.2. The first kappa shape index (κ1) is 20.4. The monoisotopic (exact) mass is 457 g/mol. The summed E-state index contributed by atoms with van der Waals surface area (Å²) in [6.45, 7) is 0.765. The first-order valence-corrected chi connectivity index (χ1v) is 12.3. The van der Waals surface area contributed by atoms with Gasteiger partial charge in [0.15, 0.2) is 11.5 Å². The van der Waals surface area contributed by atoms with Crippen molar-refractivity contribution in [1.29, 1.82) is 0 Å². The Bertz CT molecular complexity index is 1200. The van der Waals surface area contributed by atoms with Crippen LogP contribution in [0.3, 0.4) is 0 Å². The van der Waals surface area contributed by atoms with Crippen LogP contribution >= 0.6 is 23.1 Å². The van der Waals surface area contributed by atoms with Crippen molar-refractivity contribution in [2.24, 2.45) is 0 Å². The largest absolute Gasteiger partial charge is 0.454 e. The van der Waals surface area contributed by atoms with Crippen LogP contribution in [0.25, 0.3) is 10.2 Å². The minimum absolute atomic E-state index is 0.0282. The number of hydrogen-bond donors (Lipinski definition) is 1. The molecular weight excluding hydrogens is 434 g/mol. The molecule has 1 aliphatic carbocycles. The number of amides is 1. The quantitative estimate of drug-likeness (QED) is 0.547. The number of benzene rings is 1. The van der Waals surface area contributed by atoms with Crippen molar-refractivity contribution >= 4 is 39.2 Å². The maximum absolute atomic E-state index is 12.5. The van der Waals surface area contributed by atoms with Crippen molar-refractivity contribution in [2.75, 3.05) is 19.6 Å². The van der Waals surface area contributed by atoms with E-state index in [1.165, 1.54) is 10.4 Å². The average Bonchev–Trinajstić information content (AvgIpc) is 3.46. The summed E-state index contributed by atoms with van der Waals surface area (Å²) in [5, 5.41) is 0.784. The number of rotatable bonds is 7. The molecule has 2 aromatic heterocycles. The Morgan fingerprint density at radius 3 is 3.06 bits per heavy atom. The Labute approximate surface area is 187 Å². The molecule has 0 spiro atoms. The van der Waals surface area contributed by atoms with Crippen LogP contribution in [0.1, 0.15) is 34.7 Å². The number of nitrogens with zero attached hydrogens (tertiary/aromatic N) is 2. The second kappa shape index (κ2) is 8.55. The van der Waals surface area contributed by atoms with E-state index in [1.807, 2.05) is 18.2 Å². The number of hydrogen-bond acceptors (Lipinski definition) is 7. The number of ether oxygens (including phenoxy) is 2. The molecule has 0 atom stereocenters. The van der Waals surface area contributed by atoms with Gasteiger partial charge in [0.2, 0.25) is 12.7 Å². The highest BCUT2D eigenvalue weighted by Gasteiger charge is 2.21. The number of carbonyl (C=O) groups excluding carboxylic acids is 1. The van der Waals surface area contributed by atoms with Gasteiger partial charge in [-0.3, -0.25) is 9.59 Å². The number of H-pyrrole nitrogens is 1. The number of fused-ring (bicyclic) bond motifs is 4. The molecular formula is C22H23N3O4S2. The third-order valence-electron chi connectivity index (χ3n) is 5.61. The van der Waals surface area contributed by atoms with Crippen molar-refractivity contribution in [3.8, 4) is 11.5 Å². The van der Waals surface area contributed by atoms with Crippen LogP contribution in [0.4, 0.5) is 0 Å². The molecule has 0 radical (unpaired) electrons. The fourth-order valence-corrected chi connectivity index (χ4v) is 6.11. The van der Waals surface area contributed by atoms with Crippen LogP contribution < -0.4 is 15.0 Å². The number of aryl methyl sites for hydroxylation is 2. The summed E-state index contributed by atoms with van der Waals surface area (Å²) in [5.41, 5.74) is 2.18. The maximum Gasteiger partial charge on any atom is 0.259 e. The van der Waals surface area contributed by atoms with E-state index >= 15 is 0 Å². The number of nitrogens with one attached hydrogen (secondary N) is 1. The molecule has 7 nitrogen and oxygen atoms in total. The van der Waals surface area contributed by atoms with Crippen LogP contribution in [-0.2, 0) is 29.9 Å². The first-order chi connectivity index (χ1) is 15.1. The lowest BCUT2D eigenvalue weighted by molar-refractivity contribution is -0.129. The molecule has 1 aromatic carbocycles. The Hall–Kier alpha value is -2.52. The van der Waals surface area contributed by atoms with E-state index < -0.39 is 0 Å². The van der Waals surface area contributed by atoms with Gasteiger partial charge in [0.1, 0.15) is 10.7 Å². The van der Waals surface area contributed by atoms with Crippen molar-refractivity contribution in [1.82, 2.24) is 14.9 Å². The zero-order chi connectivity index (χ0) is 21.4. The van der Waals surface area contributed by atoms with Crippen LogP contribution in [0.15, 0.2) is 23.0 Å². The van der Waals surface area contributed by atoms with E-state index in [4.69, 9.17) is 9.47 Å². The summed E-state index contributed by atoms with van der Waals surface area (Å²) in [5.74, 6) is 3.50. The summed E-state index contributed by atoms with van der Waals surface area (Å²) in [6.07, 6.45) is 3.61. The molecule has 1 amide bonds. The van der Waals surface area contributed by atoms with Crippen molar-refractivity contribution in [3.63, 3.8) is 0 Å². The summed E-state index contributed by atoms with van der Waals surface area (Å²) in [4.78, 5) is 36.5. The highest BCUT2D eigenvalue weighted by atomic mass is 32.2. The summed E-state index contributed by atoms with van der Waals surface area (Å²) < 4.78 is 10.7. The molecule has 0 bridgehead atoms. The molecule has 0 saturated carbocycles. The second-order valence-electron chi connectivity index (χ2n) is 7.79. The van der Waals surface area contributed by atoms with E-state index in [9.17, 15) is 9.59 Å². The minimum atomic E-state index is -0.0282. The predicted molar refractivity (Wildman–Crippen MR) is 122 cm³/mol. The van der Waals surface area contributed by atoms with E-state index in [0.29, 0.717) is 30.3 Å². The molecule has 3 heterocycles. The zero-order valence-corrected chi connectivity index (χ0v) is 18.9. The average molecular weight is 458 g/mol. The SMILES string of the molecule is CN(Cc1ccc2c(c1)OCO2)C(=O)CCSCc1nc2sc3c(c2c(=O)[nH]1)CCC3. The third kappa shape index (κ3) is 4.16. The number of thiophene rings is 1. The zero-order valence-electron chi connectivity index (χ0n) is 17.2. The lowest BCUT2D eigenvalue weighted by Gasteiger charge is -2.17. The van der Waals surface area contributed by atoms with Gasteiger partial charge in [-0.2, -0.15) is 11.8 Å². The minimum Gasteiger partial charge on any atom is -0.454 e. The maximum atomic E-state index is 12.5. The molecule has 0 fully saturated rings. The lowest BCUT2D eigenvalue weighted by atomic mass is 10.2. The van der Waals surface area contributed by atoms with Gasteiger partial charge in [-0.25, -0.2) is 4.98 Å². The van der Waals surface area contributed by atoms with Crippen LogP contribution in [0.2, 0.25) is 0 Å². The van der Waals surface area contributed by atoms with Gasteiger partial charge in [0, 0.05) is 30.6 Å². The molecule has 0 saturated heterocycles. The Morgan fingerprint density at radius 1 is 1.29 bits per heavy atom. The van der Waals surface area contributed by atoms with Gasteiger partial charge in [0.25, 0.3) is 5.56 Å². The number of carbonyl (C=O) groups is 1. The van der Waals surface area contributed by atoms with Crippen molar-refractivity contribution in [3.05, 3.63) is 50.4 Å². The highest BCUT2D eigenvalue weighted by Crippen LogP contribution is 2.35. The molecule has 2 aliphatic rings. The second-order valence-corrected chi connectivity index (χ2v) is 9.98. The van der Waals surface area contributed by atoms with Gasteiger partial charge in [-0.05, 0) is 42.5 Å². The fourth-order valence-electron chi connectivity index (χ4n) is 4.04. The molecule has 5 rings (SSSR count). The molecule has 9 heteroatoms. The molecule has 3 aromatic rings. The topological polar surface area (TPSA) is 84.5 Å². The van der Waals surface area contributed by atoms with Gasteiger partial charge in [-0.15, -0.1) is 11.3 Å². The number of aromatic nitrogens is 2. The molecule has 1 N–H and O–H groups in total. The third-order valence-corrected chi connectivity index (χ3v) is 7.76.